The van der Waals surface area contributed by atoms with Crippen molar-refractivity contribution in [3.05, 3.63) is 88.4 Å². The van der Waals surface area contributed by atoms with Crippen LogP contribution >= 0.6 is 0 Å². The molecule has 0 radical (unpaired) electrons. The number of aliphatic hydroxyl groups is 1. The van der Waals surface area contributed by atoms with E-state index in [9.17, 15) is 40.6 Å². The first kappa shape index (κ1) is 36.8. The molecule has 268 valence electrons. The second kappa shape index (κ2) is 13.7. The van der Waals surface area contributed by atoms with Crippen LogP contribution in [0.1, 0.15) is 49.7 Å². The lowest BCUT2D eigenvalue weighted by Gasteiger charge is -2.23. The number of hydrogen-bond donors (Lipinski definition) is 5. The Hall–Kier alpha value is -5.43. The second-order valence-corrected chi connectivity index (χ2v) is 12.5. The van der Waals surface area contributed by atoms with Crippen LogP contribution in [0.4, 0.5) is 36.6 Å². The van der Waals surface area contributed by atoms with Crippen LogP contribution in [0.15, 0.2) is 59.8 Å². The summed E-state index contributed by atoms with van der Waals surface area (Å²) in [5.41, 5.74) is 2.38. The zero-order valence-corrected chi connectivity index (χ0v) is 27.4. The van der Waals surface area contributed by atoms with Crippen molar-refractivity contribution < 1.29 is 40.6 Å². The molecule has 0 spiro atoms. The monoisotopic (exact) mass is 715 g/mol. The standard InChI is InChI=1S/C35H32F7N7O2/c1-33(2,51)11-9-21-7-8-22(23-5-4-6-24-29(23)49(3)48-32(24)44)28(46-21)26(15-18-13-19(36)16-20(37)14-18)47-27(50)17-45-31-25(10-12-34(31,38)39)30(43)35(40,41)42/h4-8,13-14,16,26,43,45,51H,10,12,15,17H2,1-3H3,(H2,44,48)(H,47,50). The molecule has 6 N–H and O–H groups in total. The highest BCUT2D eigenvalue weighted by atomic mass is 19.4. The third kappa shape index (κ3) is 8.31. The molecule has 16 heteroatoms. The zero-order valence-electron chi connectivity index (χ0n) is 27.4. The molecule has 0 aliphatic heterocycles. The molecule has 0 bridgehead atoms. The lowest BCUT2D eigenvalue weighted by molar-refractivity contribution is -0.121. The SMILES string of the molecule is Cn1nc(N)c2cccc(-c3ccc(C#CC(C)(C)O)nc3C(Cc3cc(F)cc(F)c3)NC(=O)CNC3=C(C(=N)C(F)(F)F)CCC3(F)F)c21. The fraction of sp³-hybridized carbons (Fsp3) is 0.314. The minimum absolute atomic E-state index is 0.0698. The molecule has 1 amide bonds. The smallest absolute Gasteiger partial charge is 0.382 e. The molecule has 1 atom stereocenters. The predicted octanol–water partition coefficient (Wildman–Crippen LogP) is 5.87. The van der Waals surface area contributed by atoms with Crippen LogP contribution in [-0.2, 0) is 18.3 Å². The van der Waals surface area contributed by atoms with Crippen molar-refractivity contribution in [2.24, 2.45) is 7.05 Å². The van der Waals surface area contributed by atoms with Crippen molar-refractivity contribution in [1.82, 2.24) is 25.4 Å². The van der Waals surface area contributed by atoms with E-state index < -0.39 is 77.7 Å². The van der Waals surface area contributed by atoms with Crippen LogP contribution in [-0.4, -0.2) is 55.7 Å². The maximum Gasteiger partial charge on any atom is 0.433 e. The van der Waals surface area contributed by atoms with Gasteiger partial charge >= 0.3 is 6.18 Å². The highest BCUT2D eigenvalue weighted by molar-refractivity contribution is 6.03. The van der Waals surface area contributed by atoms with E-state index in [0.29, 0.717) is 28.1 Å². The van der Waals surface area contributed by atoms with Crippen LogP contribution in [0.25, 0.3) is 22.0 Å². The van der Waals surface area contributed by atoms with Gasteiger partial charge in [-0.1, -0.05) is 18.1 Å². The van der Waals surface area contributed by atoms with Gasteiger partial charge in [-0.15, -0.1) is 0 Å². The van der Waals surface area contributed by atoms with Gasteiger partial charge in [0, 0.05) is 41.6 Å². The van der Waals surface area contributed by atoms with Crippen molar-refractivity contribution >= 4 is 28.3 Å². The number of nitrogen functional groups attached to an aromatic ring is 1. The Morgan fingerprint density at radius 3 is 2.45 bits per heavy atom. The van der Waals surface area contributed by atoms with E-state index >= 15 is 0 Å². The minimum atomic E-state index is -5.20. The van der Waals surface area contributed by atoms with E-state index in [2.05, 4.69) is 32.6 Å². The number of carbonyl (C=O) groups excluding carboxylic acids is 1. The molecule has 51 heavy (non-hydrogen) atoms. The van der Waals surface area contributed by atoms with Gasteiger partial charge in [0.1, 0.15) is 28.6 Å². The molecule has 4 aromatic rings. The summed E-state index contributed by atoms with van der Waals surface area (Å²) in [4.78, 5) is 18.1. The number of carbonyl (C=O) groups is 1. The van der Waals surface area contributed by atoms with Crippen molar-refractivity contribution in [1.29, 1.82) is 5.41 Å². The molecule has 2 heterocycles. The molecule has 0 saturated carbocycles. The molecule has 5 rings (SSSR count). The van der Waals surface area contributed by atoms with Crippen molar-refractivity contribution in [2.45, 2.75) is 56.9 Å². The van der Waals surface area contributed by atoms with Crippen molar-refractivity contribution in [2.75, 3.05) is 12.3 Å². The summed E-state index contributed by atoms with van der Waals surface area (Å²) in [6.45, 7) is 1.94. The number of allylic oxidation sites excluding steroid dienone is 2. The van der Waals surface area contributed by atoms with E-state index in [1.807, 2.05) is 0 Å². The van der Waals surface area contributed by atoms with E-state index in [0.717, 1.165) is 12.1 Å². The first-order chi connectivity index (χ1) is 23.7. The van der Waals surface area contributed by atoms with Gasteiger partial charge in [-0.3, -0.25) is 14.9 Å². The maximum absolute atomic E-state index is 14.7. The fourth-order valence-electron chi connectivity index (χ4n) is 5.84. The first-order valence-corrected chi connectivity index (χ1v) is 15.5. The topological polar surface area (TPSA) is 142 Å². The Kier molecular flexibility index (Phi) is 9.90. The van der Waals surface area contributed by atoms with Gasteiger partial charge in [0.2, 0.25) is 5.91 Å². The summed E-state index contributed by atoms with van der Waals surface area (Å²) in [6, 6.07) is 9.79. The average molecular weight is 716 g/mol. The summed E-state index contributed by atoms with van der Waals surface area (Å²) in [6.07, 6.45) is -7.22. The van der Waals surface area contributed by atoms with Crippen LogP contribution in [0.2, 0.25) is 0 Å². The fourth-order valence-corrected chi connectivity index (χ4v) is 5.84. The Morgan fingerprint density at radius 2 is 1.80 bits per heavy atom. The third-order valence-corrected chi connectivity index (χ3v) is 8.00. The van der Waals surface area contributed by atoms with E-state index in [-0.39, 0.29) is 29.2 Å². The number of nitrogens with two attached hydrogens (primary N) is 1. The number of rotatable bonds is 9. The van der Waals surface area contributed by atoms with Crippen LogP contribution in [0, 0.1) is 28.9 Å². The molecule has 0 fully saturated rings. The lowest BCUT2D eigenvalue weighted by Crippen LogP contribution is -2.40. The Bertz CT molecular complexity index is 2100. The summed E-state index contributed by atoms with van der Waals surface area (Å²) >= 11 is 0. The first-order valence-electron chi connectivity index (χ1n) is 15.5. The molecule has 1 aliphatic rings. The number of alkyl halides is 5. The summed E-state index contributed by atoms with van der Waals surface area (Å²) in [7, 11) is 1.65. The predicted molar refractivity (Wildman–Crippen MR) is 175 cm³/mol. The Labute approximate surface area is 287 Å². The number of hydrogen-bond acceptors (Lipinski definition) is 7. The average Bonchev–Trinajstić information content (AvgIpc) is 3.49. The quantitative estimate of drug-likeness (QED) is 0.0834. The van der Waals surface area contributed by atoms with Gasteiger partial charge in [-0.25, -0.2) is 13.8 Å². The molecular formula is C35H32F7N7O2. The number of nitrogens with zero attached hydrogens (tertiary/aromatic N) is 3. The largest absolute Gasteiger partial charge is 0.433 e. The number of aryl methyl sites for hydroxylation is 1. The van der Waals surface area contributed by atoms with E-state index in [1.54, 1.807) is 37.4 Å². The number of pyridine rings is 1. The zero-order chi connectivity index (χ0) is 37.5. The number of nitrogens with one attached hydrogen (secondary N) is 3. The Balaban J connectivity index is 1.62. The molecular weight excluding hydrogens is 683 g/mol. The van der Waals surface area contributed by atoms with E-state index in [1.165, 1.54) is 18.5 Å². The Morgan fingerprint density at radius 1 is 1.12 bits per heavy atom. The van der Waals surface area contributed by atoms with Gasteiger partial charge in [0.15, 0.2) is 5.82 Å². The number of benzene rings is 2. The molecule has 2 aromatic carbocycles. The second-order valence-electron chi connectivity index (χ2n) is 12.5. The number of para-hydroxylation sites is 1. The summed E-state index contributed by atoms with van der Waals surface area (Å²) in [5.74, 6) is -0.984. The van der Waals surface area contributed by atoms with Gasteiger partial charge in [0.05, 0.1) is 29.5 Å². The van der Waals surface area contributed by atoms with Crippen molar-refractivity contribution in [3.8, 4) is 23.0 Å². The number of aromatic nitrogens is 3. The van der Waals surface area contributed by atoms with Crippen LogP contribution in [0.5, 0.6) is 0 Å². The van der Waals surface area contributed by atoms with Crippen LogP contribution in [0.3, 0.4) is 0 Å². The highest BCUT2D eigenvalue weighted by Crippen LogP contribution is 2.41. The molecule has 1 unspecified atom stereocenters. The lowest BCUT2D eigenvalue weighted by atomic mass is 9.93. The van der Waals surface area contributed by atoms with Crippen molar-refractivity contribution in [3.63, 3.8) is 0 Å². The summed E-state index contributed by atoms with van der Waals surface area (Å²) in [5, 5.41) is 27.2. The molecule has 2 aromatic heterocycles. The highest BCUT2D eigenvalue weighted by Gasteiger charge is 2.48. The number of halogens is 7. The molecule has 9 nitrogen and oxygen atoms in total. The number of anilines is 1. The molecule has 0 saturated heterocycles. The third-order valence-electron chi connectivity index (χ3n) is 8.00. The normalized spacial score (nSPS) is 15.0. The van der Waals surface area contributed by atoms with Gasteiger partial charge in [-0.2, -0.15) is 27.1 Å². The van der Waals surface area contributed by atoms with Gasteiger partial charge in [0.25, 0.3) is 5.92 Å². The minimum Gasteiger partial charge on any atom is -0.382 e. The van der Waals surface area contributed by atoms with Gasteiger partial charge < -0.3 is 21.5 Å². The van der Waals surface area contributed by atoms with E-state index in [4.69, 9.17) is 11.1 Å². The maximum atomic E-state index is 14.7. The number of amides is 1. The van der Waals surface area contributed by atoms with Crippen LogP contribution < -0.4 is 16.4 Å². The van der Waals surface area contributed by atoms with Gasteiger partial charge in [-0.05, 0) is 68.5 Å². The number of fused-ring (bicyclic) bond motifs is 1. The summed E-state index contributed by atoms with van der Waals surface area (Å²) < 4.78 is 99.5. The molecule has 1 aliphatic carbocycles.